The number of thioether (sulfide) groups is 1. The van der Waals surface area contributed by atoms with Crippen LogP contribution in [0.4, 0.5) is 5.69 Å². The van der Waals surface area contributed by atoms with E-state index in [1.807, 2.05) is 36.4 Å². The van der Waals surface area contributed by atoms with Gasteiger partial charge in [0.15, 0.2) is 0 Å². The highest BCUT2D eigenvalue weighted by molar-refractivity contribution is 8.00. The lowest BCUT2D eigenvalue weighted by Crippen LogP contribution is -2.70. The van der Waals surface area contributed by atoms with Crippen LogP contribution in [0.15, 0.2) is 47.7 Å². The molecule has 0 bridgehead atoms. The summed E-state index contributed by atoms with van der Waals surface area (Å²) < 4.78 is 5.38. The molecule has 0 spiro atoms. The number of carbonyl (C=O) groups is 3. The molecule has 4 rings (SSSR count). The average Bonchev–Trinajstić information content (AvgIpc) is 2.74. The predicted molar refractivity (Wildman–Crippen MR) is 114 cm³/mol. The molecule has 2 aliphatic rings. The third-order valence-electron chi connectivity index (χ3n) is 5.19. The van der Waals surface area contributed by atoms with Crippen LogP contribution < -0.4 is 15.4 Å². The second-order valence-corrected chi connectivity index (χ2v) is 8.24. The molecule has 2 heterocycles. The number of aliphatic carboxylic acids is 1. The maximum absolute atomic E-state index is 12.4. The third kappa shape index (κ3) is 3.45. The van der Waals surface area contributed by atoms with Crippen molar-refractivity contribution in [1.29, 1.82) is 0 Å². The predicted octanol–water partition coefficient (Wildman–Crippen LogP) is 2.02. The summed E-state index contributed by atoms with van der Waals surface area (Å²) >= 11 is 1.45. The monoisotopic (exact) mass is 427 g/mol. The van der Waals surface area contributed by atoms with Gasteiger partial charge < -0.3 is 20.5 Å². The third-order valence-corrected chi connectivity index (χ3v) is 6.62. The van der Waals surface area contributed by atoms with E-state index in [0.717, 1.165) is 22.2 Å². The van der Waals surface area contributed by atoms with E-state index < -0.39 is 17.9 Å². The number of ether oxygens (including phenoxy) is 1. The van der Waals surface area contributed by atoms with Gasteiger partial charge in [0, 0.05) is 16.8 Å². The summed E-state index contributed by atoms with van der Waals surface area (Å²) in [6.45, 7) is 1.69. The van der Waals surface area contributed by atoms with E-state index in [4.69, 9.17) is 4.74 Å². The molecule has 0 aliphatic carbocycles. The van der Waals surface area contributed by atoms with Gasteiger partial charge in [0.25, 0.3) is 5.91 Å². The van der Waals surface area contributed by atoms with Gasteiger partial charge in [-0.2, -0.15) is 0 Å². The van der Waals surface area contributed by atoms with Crippen molar-refractivity contribution in [3.63, 3.8) is 0 Å². The second kappa shape index (κ2) is 7.91. The summed E-state index contributed by atoms with van der Waals surface area (Å²) in [7, 11) is 1.61. The van der Waals surface area contributed by atoms with Gasteiger partial charge in [-0.25, -0.2) is 4.79 Å². The van der Waals surface area contributed by atoms with E-state index in [9.17, 15) is 19.5 Å². The van der Waals surface area contributed by atoms with E-state index in [2.05, 4.69) is 10.6 Å². The zero-order valence-electron chi connectivity index (χ0n) is 16.5. The average molecular weight is 427 g/mol. The molecule has 0 radical (unpaired) electrons. The summed E-state index contributed by atoms with van der Waals surface area (Å²) in [4.78, 5) is 37.6. The number of carboxylic acid groups (broad SMARTS) is 1. The van der Waals surface area contributed by atoms with Crippen molar-refractivity contribution in [3.8, 4) is 5.75 Å². The summed E-state index contributed by atoms with van der Waals surface area (Å²) in [6, 6.07) is 10.8. The molecule has 2 amide bonds. The Morgan fingerprint density at radius 1 is 1.30 bits per heavy atom. The number of nitrogens with one attached hydrogen (secondary N) is 2. The quantitative estimate of drug-likeness (QED) is 0.606. The molecule has 3 N–H and O–H groups in total. The molecule has 1 fully saturated rings. The van der Waals surface area contributed by atoms with Crippen molar-refractivity contribution in [2.45, 2.75) is 18.3 Å². The molecule has 156 valence electrons. The van der Waals surface area contributed by atoms with E-state index in [1.54, 1.807) is 14.0 Å². The molecule has 2 aromatic carbocycles. The molecule has 2 atom stereocenters. The maximum atomic E-state index is 12.4. The Balaban J connectivity index is 1.39. The van der Waals surface area contributed by atoms with Gasteiger partial charge in [-0.15, -0.1) is 11.8 Å². The summed E-state index contributed by atoms with van der Waals surface area (Å²) in [6.07, 6.45) is 0. The Morgan fingerprint density at radius 2 is 2.10 bits per heavy atom. The lowest BCUT2D eigenvalue weighted by molar-refractivity contribution is -0.150. The summed E-state index contributed by atoms with van der Waals surface area (Å²) in [5.74, 6) is -0.596. The van der Waals surface area contributed by atoms with E-state index in [0.29, 0.717) is 11.3 Å². The number of hydrogen-bond acceptors (Lipinski definition) is 6. The highest BCUT2D eigenvalue weighted by atomic mass is 32.2. The molecule has 9 heteroatoms. The fourth-order valence-corrected chi connectivity index (χ4v) is 5.01. The maximum Gasteiger partial charge on any atom is 0.352 e. The minimum absolute atomic E-state index is 0.0114. The van der Waals surface area contributed by atoms with Gasteiger partial charge in [-0.1, -0.05) is 18.2 Å². The normalized spacial score (nSPS) is 20.5. The standard InChI is InChI=1S/C21H21N3O5S/c1-11-10-30-20-17(19(26)24(20)18(11)21(27)28)23-16(25)9-22-13-7-6-12-4-3-5-15(29-2)14(12)8-13/h3-8,17,20,22H,9-10H2,1-2H3,(H,23,25)(H,27,28)/t17?,20-/m0/s1. The van der Waals surface area contributed by atoms with Crippen molar-refractivity contribution in [1.82, 2.24) is 10.2 Å². The fraction of sp³-hybridized carbons (Fsp3) is 0.286. The Hall–Kier alpha value is -3.20. The Kier molecular flexibility index (Phi) is 5.29. The van der Waals surface area contributed by atoms with Crippen LogP contribution in [0.1, 0.15) is 6.92 Å². The van der Waals surface area contributed by atoms with Gasteiger partial charge in [-0.05, 0) is 36.1 Å². The molecular formula is C21H21N3O5S. The van der Waals surface area contributed by atoms with Crippen LogP contribution in [0.3, 0.4) is 0 Å². The lowest BCUT2D eigenvalue weighted by Gasteiger charge is -2.49. The highest BCUT2D eigenvalue weighted by Gasteiger charge is 2.53. The van der Waals surface area contributed by atoms with Gasteiger partial charge >= 0.3 is 5.97 Å². The molecular weight excluding hydrogens is 406 g/mol. The minimum Gasteiger partial charge on any atom is -0.496 e. The largest absolute Gasteiger partial charge is 0.496 e. The van der Waals surface area contributed by atoms with E-state index in [1.165, 1.54) is 16.7 Å². The zero-order valence-corrected chi connectivity index (χ0v) is 17.3. The van der Waals surface area contributed by atoms with Crippen LogP contribution in [0, 0.1) is 0 Å². The van der Waals surface area contributed by atoms with Crippen molar-refractivity contribution in [2.24, 2.45) is 0 Å². The number of carbonyl (C=O) groups excluding carboxylic acids is 2. The minimum atomic E-state index is -1.12. The molecule has 0 saturated carbocycles. The van der Waals surface area contributed by atoms with Crippen LogP contribution in [0.25, 0.3) is 10.8 Å². The van der Waals surface area contributed by atoms with Crippen molar-refractivity contribution < 1.29 is 24.2 Å². The Bertz CT molecular complexity index is 1080. The van der Waals surface area contributed by atoms with Crippen LogP contribution in [-0.2, 0) is 14.4 Å². The van der Waals surface area contributed by atoms with Crippen LogP contribution in [0.5, 0.6) is 5.75 Å². The number of methoxy groups -OCH3 is 1. The number of β-lactam (4-membered cyclic amide) rings is 1. The topological polar surface area (TPSA) is 108 Å². The number of hydrogen-bond donors (Lipinski definition) is 3. The smallest absolute Gasteiger partial charge is 0.352 e. The number of anilines is 1. The van der Waals surface area contributed by atoms with Gasteiger partial charge in [0.2, 0.25) is 5.91 Å². The van der Waals surface area contributed by atoms with Crippen LogP contribution >= 0.6 is 11.8 Å². The number of fused-ring (bicyclic) bond motifs is 2. The van der Waals surface area contributed by atoms with Gasteiger partial charge in [0.1, 0.15) is 22.9 Å². The molecule has 8 nitrogen and oxygen atoms in total. The summed E-state index contributed by atoms with van der Waals surface area (Å²) in [5, 5.41) is 16.7. The number of rotatable bonds is 6. The highest BCUT2D eigenvalue weighted by Crippen LogP contribution is 2.40. The first-order valence-corrected chi connectivity index (χ1v) is 10.4. The van der Waals surface area contributed by atoms with Gasteiger partial charge in [0.05, 0.1) is 13.7 Å². The number of amides is 2. The Labute approximate surface area is 177 Å². The molecule has 1 unspecified atom stereocenters. The van der Waals surface area contributed by atoms with Crippen molar-refractivity contribution >= 4 is 46.0 Å². The SMILES string of the molecule is COc1cccc2ccc(NCC(=O)NC3C(=O)N4C(C(=O)O)=C(C)CS[C@@H]34)cc12. The first-order valence-electron chi connectivity index (χ1n) is 9.38. The Morgan fingerprint density at radius 3 is 2.83 bits per heavy atom. The first kappa shape index (κ1) is 20.1. The first-order chi connectivity index (χ1) is 14.4. The number of nitrogens with zero attached hydrogens (tertiary/aromatic N) is 1. The number of carboxylic acids is 1. The van der Waals surface area contributed by atoms with Gasteiger partial charge in [-0.3, -0.25) is 14.5 Å². The molecule has 1 saturated heterocycles. The number of benzene rings is 2. The van der Waals surface area contributed by atoms with Crippen LogP contribution in [0.2, 0.25) is 0 Å². The lowest BCUT2D eigenvalue weighted by atomic mass is 10.0. The molecule has 2 aromatic rings. The van der Waals surface area contributed by atoms with Crippen LogP contribution in [-0.4, -0.2) is 58.6 Å². The van der Waals surface area contributed by atoms with Crippen molar-refractivity contribution in [3.05, 3.63) is 47.7 Å². The van der Waals surface area contributed by atoms with E-state index in [-0.39, 0.29) is 23.5 Å². The second-order valence-electron chi connectivity index (χ2n) is 7.14. The molecule has 0 aromatic heterocycles. The molecule has 30 heavy (non-hydrogen) atoms. The van der Waals surface area contributed by atoms with E-state index >= 15 is 0 Å². The molecule has 2 aliphatic heterocycles. The summed E-state index contributed by atoms with van der Waals surface area (Å²) in [5.41, 5.74) is 1.43. The van der Waals surface area contributed by atoms with Crippen molar-refractivity contribution in [2.75, 3.05) is 24.7 Å². The zero-order chi connectivity index (χ0) is 21.4. The fourth-order valence-electron chi connectivity index (χ4n) is 3.71.